The van der Waals surface area contributed by atoms with E-state index in [0.717, 1.165) is 0 Å². The summed E-state index contributed by atoms with van der Waals surface area (Å²) in [6.07, 6.45) is 0.877. The van der Waals surface area contributed by atoms with Crippen LogP contribution < -0.4 is 4.72 Å². The zero-order chi connectivity index (χ0) is 15.9. The monoisotopic (exact) mass is 324 g/mol. The molecule has 0 amide bonds. The molecule has 0 aromatic rings. The predicted octanol–water partition coefficient (Wildman–Crippen LogP) is -0.897. The van der Waals surface area contributed by atoms with Gasteiger partial charge in [0, 0.05) is 20.2 Å². The van der Waals surface area contributed by atoms with Crippen molar-refractivity contribution < 1.29 is 27.8 Å². The SMILES string of the molecule is CCOC(=O)C1CCN(S(=O)(=O)NC(CO)COC)CC1. The van der Waals surface area contributed by atoms with Crippen molar-refractivity contribution in [2.24, 2.45) is 5.92 Å². The molecular formula is C12H24N2O6S. The molecule has 1 atom stereocenters. The lowest BCUT2D eigenvalue weighted by Crippen LogP contribution is -2.51. The number of nitrogens with zero attached hydrogens (tertiary/aromatic N) is 1. The van der Waals surface area contributed by atoms with Gasteiger partial charge in [0.05, 0.1) is 31.8 Å². The van der Waals surface area contributed by atoms with Crippen LogP contribution in [0.2, 0.25) is 0 Å². The first-order valence-corrected chi connectivity index (χ1v) is 8.42. The Hall–Kier alpha value is -0.740. The molecule has 1 heterocycles. The number of carbonyl (C=O) groups excluding carboxylic acids is 1. The second kappa shape index (κ2) is 8.64. The van der Waals surface area contributed by atoms with Crippen LogP contribution in [0.25, 0.3) is 0 Å². The van der Waals surface area contributed by atoms with E-state index < -0.39 is 16.3 Å². The molecule has 0 radical (unpaired) electrons. The molecule has 0 saturated carbocycles. The molecule has 21 heavy (non-hydrogen) atoms. The number of hydrogen-bond acceptors (Lipinski definition) is 6. The molecule has 8 nitrogen and oxygen atoms in total. The second-order valence-corrected chi connectivity index (χ2v) is 6.59. The first kappa shape index (κ1) is 18.3. The van der Waals surface area contributed by atoms with Gasteiger partial charge >= 0.3 is 5.97 Å². The van der Waals surface area contributed by atoms with Gasteiger partial charge in [-0.25, -0.2) is 0 Å². The van der Waals surface area contributed by atoms with E-state index in [1.807, 2.05) is 0 Å². The summed E-state index contributed by atoms with van der Waals surface area (Å²) in [5.41, 5.74) is 0. The van der Waals surface area contributed by atoms with Crippen LogP contribution in [0.15, 0.2) is 0 Å². The minimum atomic E-state index is -3.69. The van der Waals surface area contributed by atoms with E-state index in [9.17, 15) is 13.2 Å². The number of aliphatic hydroxyl groups excluding tert-OH is 1. The number of piperidine rings is 1. The van der Waals surface area contributed by atoms with Gasteiger partial charge in [-0.1, -0.05) is 0 Å². The Balaban J connectivity index is 2.53. The normalized spacial score (nSPS) is 19.4. The van der Waals surface area contributed by atoms with Crippen LogP contribution >= 0.6 is 0 Å². The summed E-state index contributed by atoms with van der Waals surface area (Å²) in [5.74, 6) is -0.515. The number of esters is 1. The van der Waals surface area contributed by atoms with Gasteiger partial charge in [-0.15, -0.1) is 0 Å². The van der Waals surface area contributed by atoms with Gasteiger partial charge in [-0.2, -0.15) is 17.4 Å². The van der Waals surface area contributed by atoms with Gasteiger partial charge in [0.2, 0.25) is 0 Å². The lowest BCUT2D eigenvalue weighted by molar-refractivity contribution is -0.149. The summed E-state index contributed by atoms with van der Waals surface area (Å²) in [5, 5.41) is 9.11. The standard InChI is InChI=1S/C12H24N2O6S/c1-3-20-12(16)10-4-6-14(7-5-10)21(17,18)13-11(8-15)9-19-2/h10-11,13,15H,3-9H2,1-2H3. The molecule has 1 aliphatic heterocycles. The number of ether oxygens (including phenoxy) is 2. The third kappa shape index (κ3) is 5.51. The van der Waals surface area contributed by atoms with Gasteiger partial charge in [-0.05, 0) is 19.8 Å². The molecular weight excluding hydrogens is 300 g/mol. The lowest BCUT2D eigenvalue weighted by atomic mass is 9.98. The molecule has 0 aromatic heterocycles. The van der Waals surface area contributed by atoms with Crippen molar-refractivity contribution in [2.45, 2.75) is 25.8 Å². The molecule has 0 bridgehead atoms. The highest BCUT2D eigenvalue weighted by Crippen LogP contribution is 2.20. The maximum atomic E-state index is 12.2. The van der Waals surface area contributed by atoms with E-state index in [0.29, 0.717) is 19.4 Å². The average molecular weight is 324 g/mol. The van der Waals surface area contributed by atoms with E-state index in [4.69, 9.17) is 14.6 Å². The molecule has 1 saturated heterocycles. The van der Waals surface area contributed by atoms with Gasteiger partial charge in [0.25, 0.3) is 10.2 Å². The van der Waals surface area contributed by atoms with E-state index in [1.54, 1.807) is 6.92 Å². The van der Waals surface area contributed by atoms with Crippen molar-refractivity contribution in [1.29, 1.82) is 0 Å². The fourth-order valence-corrected chi connectivity index (χ4v) is 3.61. The summed E-state index contributed by atoms with van der Waals surface area (Å²) in [6.45, 7) is 2.33. The Morgan fingerprint density at radius 1 is 1.43 bits per heavy atom. The Kier molecular flexibility index (Phi) is 7.53. The third-order valence-corrected chi connectivity index (χ3v) is 4.99. The summed E-state index contributed by atoms with van der Waals surface area (Å²) in [4.78, 5) is 11.6. The number of nitrogens with one attached hydrogen (secondary N) is 1. The van der Waals surface area contributed by atoms with Crippen molar-refractivity contribution in [1.82, 2.24) is 9.03 Å². The van der Waals surface area contributed by atoms with Crippen LogP contribution in [-0.4, -0.2) is 69.9 Å². The van der Waals surface area contributed by atoms with Crippen LogP contribution in [0.4, 0.5) is 0 Å². The Bertz CT molecular complexity index is 419. The summed E-state index contributed by atoms with van der Waals surface area (Å²) in [7, 11) is -2.25. The van der Waals surface area contributed by atoms with Gasteiger partial charge in [-0.3, -0.25) is 4.79 Å². The second-order valence-electron chi connectivity index (χ2n) is 4.88. The van der Waals surface area contributed by atoms with Crippen LogP contribution in [0.5, 0.6) is 0 Å². The summed E-state index contributed by atoms with van der Waals surface area (Å²) >= 11 is 0. The lowest BCUT2D eigenvalue weighted by Gasteiger charge is -2.31. The Morgan fingerprint density at radius 3 is 2.52 bits per heavy atom. The van der Waals surface area contributed by atoms with Crippen molar-refractivity contribution >= 4 is 16.2 Å². The molecule has 0 aliphatic carbocycles. The number of methoxy groups -OCH3 is 1. The van der Waals surface area contributed by atoms with Crippen LogP contribution in [0, 0.1) is 5.92 Å². The predicted molar refractivity (Wildman–Crippen MR) is 75.7 cm³/mol. The fraction of sp³-hybridized carbons (Fsp3) is 0.917. The number of hydrogen-bond donors (Lipinski definition) is 2. The maximum absolute atomic E-state index is 12.2. The minimum absolute atomic E-state index is 0.0923. The van der Waals surface area contributed by atoms with E-state index in [-0.39, 0.29) is 38.2 Å². The molecule has 1 aliphatic rings. The van der Waals surface area contributed by atoms with Crippen molar-refractivity contribution in [3.8, 4) is 0 Å². The highest BCUT2D eigenvalue weighted by atomic mass is 32.2. The first-order chi connectivity index (χ1) is 9.94. The van der Waals surface area contributed by atoms with Gasteiger partial charge < -0.3 is 14.6 Å². The van der Waals surface area contributed by atoms with Crippen LogP contribution in [0.3, 0.4) is 0 Å². The number of rotatable bonds is 8. The molecule has 0 spiro atoms. The molecule has 0 aromatic carbocycles. The van der Waals surface area contributed by atoms with Crippen molar-refractivity contribution in [3.05, 3.63) is 0 Å². The topological polar surface area (TPSA) is 105 Å². The van der Waals surface area contributed by atoms with Crippen molar-refractivity contribution in [3.63, 3.8) is 0 Å². The van der Waals surface area contributed by atoms with Crippen molar-refractivity contribution in [2.75, 3.05) is 40.0 Å². The zero-order valence-electron chi connectivity index (χ0n) is 12.4. The highest BCUT2D eigenvalue weighted by molar-refractivity contribution is 7.87. The molecule has 1 rings (SSSR count). The average Bonchev–Trinajstić information content (AvgIpc) is 2.47. The zero-order valence-corrected chi connectivity index (χ0v) is 13.3. The molecule has 1 unspecified atom stereocenters. The minimum Gasteiger partial charge on any atom is -0.466 e. The van der Waals surface area contributed by atoms with Gasteiger partial charge in [0.1, 0.15) is 0 Å². The molecule has 1 fully saturated rings. The van der Waals surface area contributed by atoms with Crippen LogP contribution in [0.1, 0.15) is 19.8 Å². The smallest absolute Gasteiger partial charge is 0.309 e. The van der Waals surface area contributed by atoms with E-state index in [1.165, 1.54) is 11.4 Å². The van der Waals surface area contributed by atoms with E-state index in [2.05, 4.69) is 4.72 Å². The van der Waals surface area contributed by atoms with E-state index >= 15 is 0 Å². The summed E-state index contributed by atoms with van der Waals surface area (Å²) in [6, 6.07) is -0.678. The Labute approximate surface area is 125 Å². The molecule has 9 heteroatoms. The fourth-order valence-electron chi connectivity index (χ4n) is 2.20. The Morgan fingerprint density at radius 2 is 2.05 bits per heavy atom. The maximum Gasteiger partial charge on any atom is 0.309 e. The van der Waals surface area contributed by atoms with Gasteiger partial charge in [0.15, 0.2) is 0 Å². The number of aliphatic hydroxyl groups is 1. The largest absolute Gasteiger partial charge is 0.466 e. The number of carbonyl (C=O) groups is 1. The summed E-state index contributed by atoms with van der Waals surface area (Å²) < 4.78 is 37.8. The highest BCUT2D eigenvalue weighted by Gasteiger charge is 2.32. The van der Waals surface area contributed by atoms with Crippen LogP contribution in [-0.2, 0) is 24.5 Å². The third-order valence-electron chi connectivity index (χ3n) is 3.32. The first-order valence-electron chi connectivity index (χ1n) is 6.98. The quantitative estimate of drug-likeness (QED) is 0.561. The molecule has 2 N–H and O–H groups in total. The molecule has 124 valence electrons.